The van der Waals surface area contributed by atoms with Crippen LogP contribution in [-0.4, -0.2) is 32.2 Å². The predicted octanol–water partition coefficient (Wildman–Crippen LogP) is 1.62. The highest BCUT2D eigenvalue weighted by molar-refractivity contribution is 5.95. The maximum absolute atomic E-state index is 11.3. The van der Waals surface area contributed by atoms with E-state index in [-0.39, 0.29) is 0 Å². The van der Waals surface area contributed by atoms with Gasteiger partial charge >= 0.3 is 0 Å². The smallest absolute Gasteiger partial charge is 0.248 e. The Morgan fingerprint density at radius 2 is 2.16 bits per heavy atom. The minimum Gasteiger partial charge on any atom is -0.397 e. The Hall–Kier alpha value is -1.75. The zero-order valence-corrected chi connectivity index (χ0v) is 11.8. The second kappa shape index (κ2) is 6.99. The minimum absolute atomic E-state index is 0.306. The third-order valence-corrected chi connectivity index (χ3v) is 3.28. The number of amides is 1. The average Bonchev–Trinajstić information content (AvgIpc) is 2.40. The Morgan fingerprint density at radius 3 is 2.68 bits per heavy atom. The van der Waals surface area contributed by atoms with Crippen LogP contribution >= 0.6 is 0 Å². The largest absolute Gasteiger partial charge is 0.397 e. The number of nitrogens with zero attached hydrogens (tertiary/aromatic N) is 1. The van der Waals surface area contributed by atoms with Gasteiger partial charge < -0.3 is 21.1 Å². The molecule has 0 spiro atoms. The molecule has 0 aliphatic heterocycles. The summed E-state index contributed by atoms with van der Waals surface area (Å²) in [5.41, 5.74) is 13.3. The highest BCUT2D eigenvalue weighted by Crippen LogP contribution is 2.27. The molecule has 106 valence electrons. The third-order valence-electron chi connectivity index (χ3n) is 3.28. The number of benzene rings is 1. The van der Waals surface area contributed by atoms with E-state index in [2.05, 4.69) is 18.7 Å². The molecule has 1 aromatic rings. The fourth-order valence-corrected chi connectivity index (χ4v) is 1.93. The number of ether oxygens (including phenoxy) is 1. The summed E-state index contributed by atoms with van der Waals surface area (Å²) in [6.45, 7) is 5.55. The molecule has 1 aromatic carbocycles. The standard InChI is InChI=1S/C14H23N3O2/c1-4-10(2)17(7-8-19-3)13-9-11(14(16)18)5-6-12(13)15/h5-6,9-10H,4,7-8,15H2,1-3H3,(H2,16,18). The number of nitrogen functional groups attached to an aromatic ring is 1. The number of primary amides is 1. The summed E-state index contributed by atoms with van der Waals surface area (Å²) in [7, 11) is 1.66. The maximum Gasteiger partial charge on any atom is 0.248 e. The molecule has 0 heterocycles. The lowest BCUT2D eigenvalue weighted by Gasteiger charge is -2.31. The number of anilines is 2. The van der Waals surface area contributed by atoms with Gasteiger partial charge in [0.1, 0.15) is 0 Å². The molecule has 5 heteroatoms. The van der Waals surface area contributed by atoms with E-state index in [4.69, 9.17) is 16.2 Å². The first-order valence-electron chi connectivity index (χ1n) is 6.46. The van der Waals surface area contributed by atoms with Gasteiger partial charge in [-0.1, -0.05) is 6.92 Å². The zero-order valence-electron chi connectivity index (χ0n) is 11.8. The lowest BCUT2D eigenvalue weighted by molar-refractivity contribution is 0.100. The lowest BCUT2D eigenvalue weighted by Crippen LogP contribution is -2.36. The molecule has 0 aliphatic carbocycles. The van der Waals surface area contributed by atoms with E-state index in [9.17, 15) is 4.79 Å². The Labute approximate surface area is 114 Å². The van der Waals surface area contributed by atoms with Crippen LogP contribution in [0.3, 0.4) is 0 Å². The van der Waals surface area contributed by atoms with Crippen LogP contribution in [0.5, 0.6) is 0 Å². The Bertz CT molecular complexity index is 435. The summed E-state index contributed by atoms with van der Waals surface area (Å²) in [4.78, 5) is 13.4. The fraction of sp³-hybridized carbons (Fsp3) is 0.500. The maximum atomic E-state index is 11.3. The van der Waals surface area contributed by atoms with Crippen molar-refractivity contribution in [1.29, 1.82) is 0 Å². The summed E-state index contributed by atoms with van der Waals surface area (Å²) in [5, 5.41) is 0. The average molecular weight is 265 g/mol. The van der Waals surface area contributed by atoms with Crippen molar-refractivity contribution in [2.24, 2.45) is 5.73 Å². The molecule has 0 saturated carbocycles. The van der Waals surface area contributed by atoms with Crippen LogP contribution in [0.15, 0.2) is 18.2 Å². The van der Waals surface area contributed by atoms with Gasteiger partial charge in [0, 0.05) is 25.3 Å². The third kappa shape index (κ3) is 3.86. The van der Waals surface area contributed by atoms with Gasteiger partial charge in [0.25, 0.3) is 0 Å². The van der Waals surface area contributed by atoms with Crippen molar-refractivity contribution in [3.8, 4) is 0 Å². The molecule has 1 rings (SSSR count). The van der Waals surface area contributed by atoms with E-state index in [1.54, 1.807) is 25.3 Å². The number of hydrogen-bond acceptors (Lipinski definition) is 4. The van der Waals surface area contributed by atoms with E-state index in [0.717, 1.165) is 18.7 Å². The molecule has 0 aromatic heterocycles. The van der Waals surface area contributed by atoms with Crippen LogP contribution in [0.25, 0.3) is 0 Å². The first-order chi connectivity index (χ1) is 9.01. The summed E-state index contributed by atoms with van der Waals surface area (Å²) in [5.74, 6) is -0.447. The second-order valence-corrected chi connectivity index (χ2v) is 4.58. The van der Waals surface area contributed by atoms with Gasteiger partial charge in [-0.15, -0.1) is 0 Å². The van der Waals surface area contributed by atoms with Gasteiger partial charge in [-0.05, 0) is 31.5 Å². The molecule has 0 fully saturated rings. The first kappa shape index (κ1) is 15.3. The van der Waals surface area contributed by atoms with Gasteiger partial charge in [0.2, 0.25) is 5.91 Å². The van der Waals surface area contributed by atoms with Gasteiger partial charge in [0.15, 0.2) is 0 Å². The van der Waals surface area contributed by atoms with Crippen molar-refractivity contribution in [3.05, 3.63) is 23.8 Å². The van der Waals surface area contributed by atoms with Crippen LogP contribution in [0.2, 0.25) is 0 Å². The van der Waals surface area contributed by atoms with Crippen molar-refractivity contribution < 1.29 is 9.53 Å². The molecule has 5 nitrogen and oxygen atoms in total. The van der Waals surface area contributed by atoms with Gasteiger partial charge in [-0.25, -0.2) is 0 Å². The minimum atomic E-state index is -0.447. The molecule has 0 aliphatic rings. The zero-order chi connectivity index (χ0) is 14.4. The molecule has 1 atom stereocenters. The van der Waals surface area contributed by atoms with Gasteiger partial charge in [0.05, 0.1) is 18.0 Å². The number of carbonyl (C=O) groups excluding carboxylic acids is 1. The van der Waals surface area contributed by atoms with Crippen LogP contribution in [0, 0.1) is 0 Å². The first-order valence-corrected chi connectivity index (χ1v) is 6.46. The summed E-state index contributed by atoms with van der Waals surface area (Å²) in [6, 6.07) is 5.42. The molecule has 0 radical (unpaired) electrons. The highest BCUT2D eigenvalue weighted by Gasteiger charge is 2.16. The summed E-state index contributed by atoms with van der Waals surface area (Å²) in [6.07, 6.45) is 0.976. The molecular formula is C14H23N3O2. The molecule has 1 unspecified atom stereocenters. The molecule has 0 saturated heterocycles. The number of hydrogen-bond donors (Lipinski definition) is 2. The Kier molecular flexibility index (Phi) is 5.63. The fourth-order valence-electron chi connectivity index (χ4n) is 1.93. The van der Waals surface area contributed by atoms with Crippen LogP contribution in [-0.2, 0) is 4.74 Å². The SMILES string of the molecule is CCC(C)N(CCOC)c1cc(C(N)=O)ccc1N. The number of methoxy groups -OCH3 is 1. The number of rotatable bonds is 7. The summed E-state index contributed by atoms with van der Waals surface area (Å²) >= 11 is 0. The van der Waals surface area contributed by atoms with Crippen molar-refractivity contribution in [1.82, 2.24) is 0 Å². The predicted molar refractivity (Wildman–Crippen MR) is 78.3 cm³/mol. The van der Waals surface area contributed by atoms with Crippen molar-refractivity contribution in [3.63, 3.8) is 0 Å². The normalized spacial score (nSPS) is 12.2. The molecule has 4 N–H and O–H groups in total. The van der Waals surface area contributed by atoms with Crippen LogP contribution in [0.4, 0.5) is 11.4 Å². The van der Waals surface area contributed by atoms with Gasteiger partial charge in [-0.3, -0.25) is 4.79 Å². The van der Waals surface area contributed by atoms with E-state index in [1.807, 2.05) is 0 Å². The van der Waals surface area contributed by atoms with E-state index >= 15 is 0 Å². The number of carbonyl (C=O) groups is 1. The van der Waals surface area contributed by atoms with Crippen molar-refractivity contribution in [2.75, 3.05) is 30.9 Å². The monoisotopic (exact) mass is 265 g/mol. The van der Waals surface area contributed by atoms with Crippen molar-refractivity contribution in [2.45, 2.75) is 26.3 Å². The van der Waals surface area contributed by atoms with Crippen LogP contribution in [0.1, 0.15) is 30.6 Å². The van der Waals surface area contributed by atoms with Gasteiger partial charge in [-0.2, -0.15) is 0 Å². The van der Waals surface area contributed by atoms with E-state index < -0.39 is 5.91 Å². The summed E-state index contributed by atoms with van der Waals surface area (Å²) < 4.78 is 5.13. The lowest BCUT2D eigenvalue weighted by atomic mass is 10.1. The molecular weight excluding hydrogens is 242 g/mol. The van der Waals surface area contributed by atoms with E-state index in [1.165, 1.54) is 0 Å². The van der Waals surface area contributed by atoms with Crippen molar-refractivity contribution >= 4 is 17.3 Å². The van der Waals surface area contributed by atoms with E-state index in [0.29, 0.717) is 23.9 Å². The molecule has 0 bridgehead atoms. The van der Waals surface area contributed by atoms with Crippen LogP contribution < -0.4 is 16.4 Å². The Balaban J connectivity index is 3.12. The molecule has 1 amide bonds. The topological polar surface area (TPSA) is 81.6 Å². The quantitative estimate of drug-likeness (QED) is 0.734. The molecule has 19 heavy (non-hydrogen) atoms. The number of nitrogens with two attached hydrogens (primary N) is 2. The highest BCUT2D eigenvalue weighted by atomic mass is 16.5. The Morgan fingerprint density at radius 1 is 1.47 bits per heavy atom. The second-order valence-electron chi connectivity index (χ2n) is 4.58.